The molecule has 6 atom stereocenters. The van der Waals surface area contributed by atoms with Gasteiger partial charge in [0.1, 0.15) is 28.5 Å². The third-order valence-corrected chi connectivity index (χ3v) is 15.2. The zero-order valence-electron chi connectivity index (χ0n) is 41.8. The van der Waals surface area contributed by atoms with Crippen LogP contribution in [0.1, 0.15) is 231 Å². The second-order valence-electron chi connectivity index (χ2n) is 22.3. The first-order valence-electron chi connectivity index (χ1n) is 25.3. The minimum Gasteiger partial charge on any atom is -0.504 e. The molecule has 0 aromatic heterocycles. The van der Waals surface area contributed by atoms with Crippen molar-refractivity contribution in [1.82, 2.24) is 0 Å². The number of rotatable bonds is 26. The Bertz CT molecular complexity index is 1620. The van der Waals surface area contributed by atoms with Crippen LogP contribution in [0.4, 0.5) is 0 Å². The molecule has 0 aliphatic carbocycles. The summed E-state index contributed by atoms with van der Waals surface area (Å²) < 4.78 is 20.7. The van der Waals surface area contributed by atoms with Gasteiger partial charge in [0, 0.05) is 11.1 Å². The second-order valence-corrected chi connectivity index (χ2v) is 22.3. The topological polar surface area (TPSA) is 47.9 Å². The van der Waals surface area contributed by atoms with E-state index in [2.05, 4.69) is 96.1 Å². The van der Waals surface area contributed by atoms with E-state index in [9.17, 15) is 5.11 Å². The summed E-state index contributed by atoms with van der Waals surface area (Å²) in [4.78, 5) is 0. The first-order chi connectivity index (χ1) is 28.3. The molecule has 2 aliphatic heterocycles. The van der Waals surface area contributed by atoms with Crippen molar-refractivity contribution in [3.8, 4) is 28.7 Å². The van der Waals surface area contributed by atoms with Gasteiger partial charge in [0.2, 0.25) is 0 Å². The third kappa shape index (κ3) is 14.9. The van der Waals surface area contributed by atoms with Gasteiger partial charge in [-0.3, -0.25) is 0 Å². The summed E-state index contributed by atoms with van der Waals surface area (Å²) in [6, 6.07) is 2.19. The predicted octanol–water partition coefficient (Wildman–Crippen LogP) is 17.5. The molecule has 0 bridgehead atoms. The number of fused-ring (bicyclic) bond motifs is 2. The lowest BCUT2D eigenvalue weighted by atomic mass is 9.84. The molecule has 0 fully saturated rings. The molecule has 4 heteroatoms. The number of aryl methyl sites for hydroxylation is 1. The monoisotopic (exact) mass is 831 g/mol. The highest BCUT2D eigenvalue weighted by atomic mass is 16.5. The molecule has 4 nitrogen and oxygen atoms in total. The van der Waals surface area contributed by atoms with E-state index in [0.717, 1.165) is 119 Å². The summed E-state index contributed by atoms with van der Waals surface area (Å²) in [5.74, 6) is 8.47. The van der Waals surface area contributed by atoms with Crippen LogP contribution in [0.15, 0.2) is 6.07 Å². The molecular formula is C56H94O4. The average molecular weight is 831 g/mol. The van der Waals surface area contributed by atoms with Gasteiger partial charge >= 0.3 is 0 Å². The lowest BCUT2D eigenvalue weighted by Gasteiger charge is -2.39. The molecule has 342 valence electrons. The van der Waals surface area contributed by atoms with Gasteiger partial charge in [-0.15, -0.1) is 0 Å². The van der Waals surface area contributed by atoms with Crippen LogP contribution in [-0.2, 0) is 12.8 Å². The molecule has 0 saturated carbocycles. The number of aromatic hydroxyl groups is 1. The van der Waals surface area contributed by atoms with Crippen LogP contribution < -0.4 is 14.2 Å². The molecule has 60 heavy (non-hydrogen) atoms. The van der Waals surface area contributed by atoms with Gasteiger partial charge in [0.05, 0.1) is 0 Å². The molecule has 4 rings (SSSR count). The van der Waals surface area contributed by atoms with Crippen molar-refractivity contribution in [1.29, 1.82) is 0 Å². The number of hydrogen-bond acceptors (Lipinski definition) is 4. The normalized spacial score (nSPS) is 20.9. The third-order valence-electron chi connectivity index (χ3n) is 15.2. The van der Waals surface area contributed by atoms with Crippen molar-refractivity contribution in [2.75, 3.05) is 0 Å². The van der Waals surface area contributed by atoms with E-state index in [1.165, 1.54) is 108 Å². The van der Waals surface area contributed by atoms with E-state index in [1.807, 2.05) is 6.92 Å². The minimum atomic E-state index is -0.214. The van der Waals surface area contributed by atoms with E-state index in [4.69, 9.17) is 14.2 Å². The van der Waals surface area contributed by atoms with E-state index >= 15 is 0 Å². The van der Waals surface area contributed by atoms with Crippen molar-refractivity contribution in [2.45, 2.75) is 249 Å². The van der Waals surface area contributed by atoms with Gasteiger partial charge in [-0.05, 0) is 157 Å². The fourth-order valence-corrected chi connectivity index (χ4v) is 10.3. The van der Waals surface area contributed by atoms with Gasteiger partial charge in [-0.1, -0.05) is 145 Å². The highest BCUT2D eigenvalue weighted by Crippen LogP contribution is 2.51. The van der Waals surface area contributed by atoms with Crippen LogP contribution in [0.5, 0.6) is 28.7 Å². The van der Waals surface area contributed by atoms with E-state index < -0.39 is 0 Å². The van der Waals surface area contributed by atoms with Crippen molar-refractivity contribution in [3.05, 3.63) is 39.4 Å². The Morgan fingerprint density at radius 3 is 1.40 bits per heavy atom. The van der Waals surface area contributed by atoms with Crippen molar-refractivity contribution in [3.63, 3.8) is 0 Å². The molecule has 2 aromatic rings. The summed E-state index contributed by atoms with van der Waals surface area (Å²) >= 11 is 0. The lowest BCUT2D eigenvalue weighted by molar-refractivity contribution is 0.0502. The maximum absolute atomic E-state index is 11.6. The molecule has 6 unspecified atom stereocenters. The Balaban J connectivity index is 1.31. The first-order valence-corrected chi connectivity index (χ1v) is 25.3. The SMILES string of the molecule is Cc1c(Oc2c(O)c(C)c(C)c3c2CCC(C)(CCCC(C)CCCC(C)CCCC(C)C)O3)cc2c(c1C)OC(C)(CCCC(C)CCCC(C)CCCC(C)C)CC2. The summed E-state index contributed by atoms with van der Waals surface area (Å²) in [5.41, 5.74) is 5.96. The number of ether oxygens (including phenoxy) is 3. The quantitative estimate of drug-likeness (QED) is 0.103. The Kier molecular flexibility index (Phi) is 19.6. The highest BCUT2D eigenvalue weighted by molar-refractivity contribution is 5.64. The minimum absolute atomic E-state index is 0.143. The van der Waals surface area contributed by atoms with E-state index in [0.29, 0.717) is 5.75 Å². The standard InChI is InChI=1S/C56H94O4/c1-38(2)21-15-23-40(5)25-17-27-42(7)29-19-33-55(13)35-31-48-37-50(44(9)46(11)52(48)59-55)58-54-49-32-36-56(14,60-53(49)47(12)45(10)51(54)57)34-20-30-43(8)28-18-26-41(6)24-16-22-39(3)4/h37-43,57H,15-36H2,1-14H3. The fourth-order valence-electron chi connectivity index (χ4n) is 10.3. The number of benzene rings is 2. The Morgan fingerprint density at radius 1 is 0.533 bits per heavy atom. The molecule has 0 saturated heterocycles. The van der Waals surface area contributed by atoms with Crippen molar-refractivity contribution in [2.24, 2.45) is 35.5 Å². The fraction of sp³-hybridized carbons (Fsp3) is 0.786. The largest absolute Gasteiger partial charge is 0.504 e. The van der Waals surface area contributed by atoms with Gasteiger partial charge in [-0.25, -0.2) is 0 Å². The van der Waals surface area contributed by atoms with Crippen LogP contribution in [0.25, 0.3) is 0 Å². The summed E-state index contributed by atoms with van der Waals surface area (Å²) in [6.07, 6.45) is 27.2. The highest BCUT2D eigenvalue weighted by Gasteiger charge is 2.37. The molecule has 2 aromatic carbocycles. The Labute approximate surface area is 371 Å². The van der Waals surface area contributed by atoms with Crippen LogP contribution in [-0.4, -0.2) is 16.3 Å². The molecular weight excluding hydrogens is 737 g/mol. The van der Waals surface area contributed by atoms with Gasteiger partial charge < -0.3 is 19.3 Å². The number of phenols is 1. The van der Waals surface area contributed by atoms with Gasteiger partial charge in [0.15, 0.2) is 11.5 Å². The molecule has 2 heterocycles. The van der Waals surface area contributed by atoms with E-state index in [-0.39, 0.29) is 17.0 Å². The molecule has 2 aliphatic rings. The number of phenolic OH excluding ortho intramolecular Hbond substituents is 1. The van der Waals surface area contributed by atoms with Crippen LogP contribution in [0, 0.1) is 63.2 Å². The summed E-state index contributed by atoms with van der Waals surface area (Å²) in [6.45, 7) is 32.2. The maximum atomic E-state index is 11.6. The second kappa shape index (κ2) is 23.4. The molecule has 1 N–H and O–H groups in total. The van der Waals surface area contributed by atoms with Crippen LogP contribution in [0.2, 0.25) is 0 Å². The molecule has 0 amide bonds. The zero-order chi connectivity index (χ0) is 44.2. The van der Waals surface area contributed by atoms with Crippen LogP contribution >= 0.6 is 0 Å². The summed E-state index contributed by atoms with van der Waals surface area (Å²) in [5, 5.41) is 11.6. The van der Waals surface area contributed by atoms with Gasteiger partial charge in [-0.2, -0.15) is 0 Å². The van der Waals surface area contributed by atoms with Gasteiger partial charge in [0.25, 0.3) is 0 Å². The maximum Gasteiger partial charge on any atom is 0.176 e. The molecule has 0 spiro atoms. The first kappa shape index (κ1) is 50.3. The summed E-state index contributed by atoms with van der Waals surface area (Å²) in [7, 11) is 0. The number of hydrogen-bond donors (Lipinski definition) is 1. The Hall–Kier alpha value is -2.36. The van der Waals surface area contributed by atoms with Crippen LogP contribution in [0.3, 0.4) is 0 Å². The average Bonchev–Trinajstić information content (AvgIpc) is 3.17. The predicted molar refractivity (Wildman–Crippen MR) is 258 cm³/mol. The van der Waals surface area contributed by atoms with E-state index in [1.54, 1.807) is 0 Å². The van der Waals surface area contributed by atoms with Crippen molar-refractivity contribution >= 4 is 0 Å². The smallest absolute Gasteiger partial charge is 0.176 e. The van der Waals surface area contributed by atoms with Crippen molar-refractivity contribution < 1.29 is 19.3 Å². The zero-order valence-corrected chi connectivity index (χ0v) is 41.8. The lowest BCUT2D eigenvalue weighted by Crippen LogP contribution is -2.37. The molecule has 0 radical (unpaired) electrons. The Morgan fingerprint density at radius 2 is 0.933 bits per heavy atom.